The van der Waals surface area contributed by atoms with Gasteiger partial charge in [-0.05, 0) is 166 Å². The monoisotopic (exact) mass is 1010 g/mol. The van der Waals surface area contributed by atoms with Crippen molar-refractivity contribution in [1.82, 2.24) is 9.80 Å². The normalized spacial score (nSPS) is 22.6. The highest BCUT2D eigenvalue weighted by Gasteiger charge is 2.39. The molecule has 2 aliphatic heterocycles. The van der Waals surface area contributed by atoms with Gasteiger partial charge in [0.05, 0.1) is 41.8 Å². The van der Waals surface area contributed by atoms with E-state index in [0.29, 0.717) is 106 Å². The number of rotatable bonds is 11. The van der Waals surface area contributed by atoms with E-state index in [1.807, 2.05) is 0 Å². The Labute approximate surface area is 422 Å². The van der Waals surface area contributed by atoms with Gasteiger partial charge in [-0.2, -0.15) is 26.3 Å². The minimum atomic E-state index is -4.49. The molecule has 2 heterocycles. The zero-order valence-electron chi connectivity index (χ0n) is 43.3. The van der Waals surface area contributed by atoms with Crippen molar-refractivity contribution in [3.05, 3.63) is 82.9 Å². The van der Waals surface area contributed by atoms with Gasteiger partial charge in [-0.3, -0.25) is 19.4 Å². The van der Waals surface area contributed by atoms with Crippen molar-refractivity contribution < 1.29 is 55.2 Å². The highest BCUT2D eigenvalue weighted by molar-refractivity contribution is 5.92. The second-order valence-electron chi connectivity index (χ2n) is 23.0. The second-order valence-corrected chi connectivity index (χ2v) is 23.0. The van der Waals surface area contributed by atoms with Gasteiger partial charge in [0, 0.05) is 24.2 Å². The van der Waals surface area contributed by atoms with E-state index in [9.17, 15) is 41.0 Å². The molecular weight excluding hydrogens is 935 g/mol. The molecule has 4 aliphatic rings. The van der Waals surface area contributed by atoms with Gasteiger partial charge in [0.15, 0.2) is 0 Å². The molecule has 0 bridgehead atoms. The largest absolute Gasteiger partial charge is 0.490 e. The zero-order chi connectivity index (χ0) is 52.2. The molecule has 2 saturated heterocycles. The fraction of sp³-hybridized carbons (Fsp3) is 0.621. The van der Waals surface area contributed by atoms with Crippen LogP contribution in [0.5, 0.6) is 11.5 Å². The molecule has 0 radical (unpaired) electrons. The highest BCUT2D eigenvalue weighted by Crippen LogP contribution is 2.46. The summed E-state index contributed by atoms with van der Waals surface area (Å²) in [5.41, 5.74) is 0.686. The molecule has 0 unspecified atom stereocenters. The summed E-state index contributed by atoms with van der Waals surface area (Å²) < 4.78 is 102. The number of fused-ring (bicyclic) bond motifs is 2. The van der Waals surface area contributed by atoms with Gasteiger partial charge >= 0.3 is 24.3 Å². The van der Waals surface area contributed by atoms with Crippen LogP contribution in [-0.2, 0) is 39.8 Å². The minimum absolute atomic E-state index is 0.0888. The van der Waals surface area contributed by atoms with E-state index in [1.54, 1.807) is 49.4 Å². The second kappa shape index (κ2) is 22.9. The van der Waals surface area contributed by atoms with Gasteiger partial charge in [0.25, 0.3) is 0 Å². The number of ether oxygens (including phenoxy) is 3. The van der Waals surface area contributed by atoms with E-state index < -0.39 is 29.4 Å². The van der Waals surface area contributed by atoms with Crippen molar-refractivity contribution in [3.63, 3.8) is 0 Å². The molecule has 72 heavy (non-hydrogen) atoms. The number of likely N-dealkylation sites (tertiary alicyclic amines) is 2. The van der Waals surface area contributed by atoms with Gasteiger partial charge in [-0.15, -0.1) is 0 Å². The molecule has 8 rings (SSSR count). The fourth-order valence-electron chi connectivity index (χ4n) is 11.6. The Balaban J connectivity index is 0.000000212. The van der Waals surface area contributed by atoms with Gasteiger partial charge in [-0.25, -0.2) is 0 Å². The minimum Gasteiger partial charge on any atom is -0.490 e. The van der Waals surface area contributed by atoms with Gasteiger partial charge < -0.3 is 19.3 Å². The lowest BCUT2D eigenvalue weighted by Gasteiger charge is -2.37. The van der Waals surface area contributed by atoms with Crippen molar-refractivity contribution >= 4 is 33.5 Å². The first-order valence-electron chi connectivity index (χ1n) is 26.3. The van der Waals surface area contributed by atoms with Crippen LogP contribution in [0.1, 0.15) is 148 Å². The van der Waals surface area contributed by atoms with E-state index in [0.717, 1.165) is 62.5 Å². The number of esters is 1. The average Bonchev–Trinajstić information content (AvgIpc) is 3.32. The quantitative estimate of drug-likeness (QED) is 0.117. The predicted octanol–water partition coefficient (Wildman–Crippen LogP) is 14.8. The average molecular weight is 1010 g/mol. The Morgan fingerprint density at radius 1 is 0.542 bits per heavy atom. The molecule has 396 valence electrons. The molecule has 0 aromatic heterocycles. The van der Waals surface area contributed by atoms with E-state index in [-0.39, 0.29) is 51.6 Å². The van der Waals surface area contributed by atoms with E-state index in [2.05, 4.69) is 51.3 Å². The van der Waals surface area contributed by atoms with Crippen LogP contribution in [0, 0.1) is 34.5 Å². The lowest BCUT2D eigenvalue weighted by atomic mass is 9.72. The molecule has 4 aromatic carbocycles. The summed E-state index contributed by atoms with van der Waals surface area (Å²) in [6.45, 7) is 19.2. The molecule has 0 amide bonds. The van der Waals surface area contributed by atoms with Gasteiger partial charge in [0.2, 0.25) is 0 Å². The number of carbonyl (C=O) groups excluding carboxylic acids is 1. The SMILES string of the molecule is CC(C)(C)C1CCC(Oc2cc(C(F)(F)F)c3ccccc3c2CN2CCC(C(=O)O)CC2)CC1.CCOC(=O)C1CCN(Cc2c(OC3CCC(C(C)(C)C)CC3)cc(C(F)(F)F)c3ccccc23)CC1. The Kier molecular flexibility index (Phi) is 17.6. The van der Waals surface area contributed by atoms with Crippen molar-refractivity contribution in [1.29, 1.82) is 0 Å². The molecule has 1 N–H and O–H groups in total. The molecule has 2 aliphatic carbocycles. The number of carbonyl (C=O) groups is 2. The van der Waals surface area contributed by atoms with Crippen molar-refractivity contribution in [2.45, 2.75) is 163 Å². The summed E-state index contributed by atoms with van der Waals surface area (Å²) >= 11 is 0. The van der Waals surface area contributed by atoms with Crippen LogP contribution in [-0.4, -0.2) is 71.8 Å². The molecule has 0 atom stereocenters. The molecule has 4 fully saturated rings. The third kappa shape index (κ3) is 13.8. The molecular formula is C58H76F6N2O6. The lowest BCUT2D eigenvalue weighted by Crippen LogP contribution is -2.37. The first kappa shape index (κ1) is 55.2. The van der Waals surface area contributed by atoms with Crippen molar-refractivity contribution in [2.75, 3.05) is 32.8 Å². The van der Waals surface area contributed by atoms with Crippen LogP contribution in [0.3, 0.4) is 0 Å². The number of benzene rings is 4. The highest BCUT2D eigenvalue weighted by atomic mass is 19.4. The maximum atomic E-state index is 14.1. The number of carboxylic acid groups (broad SMARTS) is 1. The molecule has 8 nitrogen and oxygen atoms in total. The first-order chi connectivity index (χ1) is 33.9. The summed E-state index contributed by atoms with van der Waals surface area (Å²) in [6, 6.07) is 15.8. The van der Waals surface area contributed by atoms with Crippen LogP contribution < -0.4 is 9.47 Å². The number of alkyl halides is 6. The van der Waals surface area contributed by atoms with Crippen LogP contribution in [0.15, 0.2) is 60.7 Å². The summed E-state index contributed by atoms with van der Waals surface area (Å²) in [4.78, 5) is 27.9. The van der Waals surface area contributed by atoms with Gasteiger partial charge in [-0.1, -0.05) is 90.1 Å². The molecule has 0 spiro atoms. The summed E-state index contributed by atoms with van der Waals surface area (Å²) in [5, 5.41) is 10.8. The summed E-state index contributed by atoms with van der Waals surface area (Å²) in [5.74, 6) is 0.429. The predicted molar refractivity (Wildman–Crippen MR) is 270 cm³/mol. The van der Waals surface area contributed by atoms with E-state index >= 15 is 0 Å². The van der Waals surface area contributed by atoms with Crippen molar-refractivity contribution in [2.24, 2.45) is 34.5 Å². The fourth-order valence-corrected chi connectivity index (χ4v) is 11.6. The topological polar surface area (TPSA) is 88.5 Å². The van der Waals surface area contributed by atoms with Crippen LogP contribution >= 0.6 is 0 Å². The lowest BCUT2D eigenvalue weighted by molar-refractivity contribution is -0.149. The Bertz CT molecular complexity index is 2460. The Morgan fingerprint density at radius 2 is 0.889 bits per heavy atom. The third-order valence-electron chi connectivity index (χ3n) is 16.1. The van der Waals surface area contributed by atoms with E-state index in [4.69, 9.17) is 14.2 Å². The maximum absolute atomic E-state index is 14.1. The van der Waals surface area contributed by atoms with E-state index in [1.165, 1.54) is 18.2 Å². The summed E-state index contributed by atoms with van der Waals surface area (Å²) in [7, 11) is 0. The molecule has 14 heteroatoms. The molecule has 4 aromatic rings. The van der Waals surface area contributed by atoms with Crippen LogP contribution in [0.2, 0.25) is 0 Å². The number of piperidine rings is 2. The summed E-state index contributed by atoms with van der Waals surface area (Å²) in [6.07, 6.45) is 0.712. The smallest absolute Gasteiger partial charge is 0.417 e. The Morgan fingerprint density at radius 3 is 1.21 bits per heavy atom. The molecule has 2 saturated carbocycles. The number of hydrogen-bond acceptors (Lipinski definition) is 7. The number of aliphatic carboxylic acids is 1. The van der Waals surface area contributed by atoms with Crippen molar-refractivity contribution in [3.8, 4) is 11.5 Å². The van der Waals surface area contributed by atoms with Crippen LogP contribution in [0.25, 0.3) is 21.5 Å². The number of nitrogens with zero attached hydrogens (tertiary/aromatic N) is 2. The van der Waals surface area contributed by atoms with Gasteiger partial charge in [0.1, 0.15) is 11.5 Å². The number of halogens is 6. The van der Waals surface area contributed by atoms with Crippen LogP contribution in [0.4, 0.5) is 26.3 Å². The zero-order valence-corrected chi connectivity index (χ0v) is 43.3. The number of hydrogen-bond donors (Lipinski definition) is 1. The Hall–Kier alpha value is -4.56. The maximum Gasteiger partial charge on any atom is 0.417 e. The number of carboxylic acids is 1. The first-order valence-corrected chi connectivity index (χ1v) is 26.3. The third-order valence-corrected chi connectivity index (χ3v) is 16.1. The standard InChI is InChI=1S/C30H40F3NO3.C28H36F3NO3/c1-5-36-28(35)20-14-16-34(17-15-20)19-25-23-8-6-7-9-24(23)26(30(31,32)33)18-27(25)37-22-12-10-21(11-13-22)29(2,3)4;1-27(2,3)19-8-10-20(11-9-19)35-25-16-24(28(29,30)31)22-7-5-4-6-21(22)23(25)17-32-14-12-18(13-15-32)26(33)34/h6-9,18,20-22H,5,10-17,19H2,1-4H3;4-7,16,18-20H,8-15,17H2,1-3H3,(H,33,34).